The van der Waals surface area contributed by atoms with E-state index in [-0.39, 0.29) is 0 Å². The van der Waals surface area contributed by atoms with E-state index >= 15 is 0 Å². The van der Waals surface area contributed by atoms with E-state index in [2.05, 4.69) is 43.5 Å². The molecule has 0 fully saturated rings. The van der Waals surface area contributed by atoms with Crippen molar-refractivity contribution in [2.24, 2.45) is 0 Å². The third kappa shape index (κ3) is 1.43. The summed E-state index contributed by atoms with van der Waals surface area (Å²) in [5.41, 5.74) is 5.45. The Labute approximate surface area is 83.5 Å². The second-order valence-corrected chi connectivity index (χ2v) is 3.58. The predicted molar refractivity (Wildman–Crippen MR) is 55.0 cm³/mol. The van der Waals surface area contributed by atoms with Crippen LogP contribution in [0.3, 0.4) is 0 Å². The third-order valence-electron chi connectivity index (χ3n) is 2.33. The van der Waals surface area contributed by atoms with E-state index in [0.717, 1.165) is 16.8 Å². The van der Waals surface area contributed by atoms with Crippen LogP contribution in [0.5, 0.6) is 0 Å². The smallest absolute Gasteiger partial charge is 0.208 e. The van der Waals surface area contributed by atoms with E-state index in [1.807, 2.05) is 6.92 Å². The van der Waals surface area contributed by atoms with Gasteiger partial charge in [-0.25, -0.2) is 0 Å². The number of hydrogen-bond donors (Lipinski definition) is 0. The number of aryl methyl sites for hydroxylation is 3. The van der Waals surface area contributed by atoms with Gasteiger partial charge in [0.2, 0.25) is 6.26 Å². The summed E-state index contributed by atoms with van der Waals surface area (Å²) in [6.45, 7) is 6.11. The van der Waals surface area contributed by atoms with Crippen LogP contribution in [0.4, 0.5) is 0 Å². The minimum absolute atomic E-state index is 0.891. The highest BCUT2D eigenvalue weighted by Crippen LogP contribution is 2.25. The molecule has 0 amide bonds. The lowest BCUT2D eigenvalue weighted by atomic mass is 10.0. The molecule has 2 rings (SSSR count). The van der Waals surface area contributed by atoms with Gasteiger partial charge in [-0.15, -0.1) is 0 Å². The van der Waals surface area contributed by atoms with Crippen molar-refractivity contribution in [1.29, 1.82) is 0 Å². The van der Waals surface area contributed by atoms with E-state index in [4.69, 9.17) is 4.52 Å². The fourth-order valence-corrected chi connectivity index (χ4v) is 1.58. The van der Waals surface area contributed by atoms with Crippen LogP contribution in [-0.2, 0) is 0 Å². The minimum Gasteiger partial charge on any atom is -0.352 e. The number of hydrogen-bond acceptors (Lipinski definition) is 2. The first-order valence-electron chi connectivity index (χ1n) is 4.60. The van der Waals surface area contributed by atoms with Crippen LogP contribution >= 0.6 is 0 Å². The molecule has 0 atom stereocenters. The Morgan fingerprint density at radius 2 is 2.00 bits per heavy atom. The summed E-state index contributed by atoms with van der Waals surface area (Å²) in [5.74, 6) is 0. The molecular weight excluding hydrogens is 174 g/mol. The molecule has 2 heteroatoms. The maximum absolute atomic E-state index is 4.81. The topological polar surface area (TPSA) is 26.0 Å². The molecule has 0 saturated carbocycles. The van der Waals surface area contributed by atoms with E-state index < -0.39 is 0 Å². The average Bonchev–Trinajstić information content (AvgIpc) is 2.52. The molecule has 14 heavy (non-hydrogen) atoms. The highest BCUT2D eigenvalue weighted by atomic mass is 16.5. The van der Waals surface area contributed by atoms with Crippen LogP contribution in [0.25, 0.3) is 11.3 Å². The summed E-state index contributed by atoms with van der Waals surface area (Å²) in [5, 5.41) is 3.95. The van der Waals surface area contributed by atoms with Gasteiger partial charge in [0, 0.05) is 11.1 Å². The number of benzene rings is 1. The zero-order valence-corrected chi connectivity index (χ0v) is 8.59. The summed E-state index contributed by atoms with van der Waals surface area (Å²) in [6.07, 6.45) is 2.72. The monoisotopic (exact) mass is 186 g/mol. The molecule has 0 aliphatic carbocycles. The van der Waals surface area contributed by atoms with Gasteiger partial charge >= 0.3 is 0 Å². The van der Waals surface area contributed by atoms with Gasteiger partial charge in [0.15, 0.2) is 0 Å². The Bertz CT molecular complexity index is 457. The average molecular weight is 186 g/mol. The maximum Gasteiger partial charge on any atom is 0.208 e. The van der Waals surface area contributed by atoms with Crippen LogP contribution in [0.1, 0.15) is 16.7 Å². The zero-order chi connectivity index (χ0) is 10.1. The molecule has 0 bridgehead atoms. The van der Waals surface area contributed by atoms with Crippen molar-refractivity contribution in [1.82, 2.24) is 5.16 Å². The molecule has 0 unspecified atom stereocenters. The summed E-state index contributed by atoms with van der Waals surface area (Å²) in [6, 6.07) is 6.29. The van der Waals surface area contributed by atoms with Gasteiger partial charge in [-0.1, -0.05) is 28.9 Å². The molecule has 0 aliphatic heterocycles. The minimum atomic E-state index is 0.891. The van der Waals surface area contributed by atoms with Gasteiger partial charge in [-0.3, -0.25) is 0 Å². The Morgan fingerprint density at radius 3 is 2.57 bits per heavy atom. The fraction of sp³-hybridized carbons (Fsp3) is 0.250. The normalized spacial score (nSPS) is 10.5. The van der Waals surface area contributed by atoms with E-state index in [1.165, 1.54) is 11.1 Å². The van der Waals surface area contributed by atoms with Crippen molar-refractivity contribution in [2.75, 3.05) is 0 Å². The molecule has 1 radical (unpaired) electrons. The summed E-state index contributed by atoms with van der Waals surface area (Å²) >= 11 is 0. The quantitative estimate of drug-likeness (QED) is 0.684. The summed E-state index contributed by atoms with van der Waals surface area (Å²) in [7, 11) is 0. The lowest BCUT2D eigenvalue weighted by Crippen LogP contribution is -1.86. The molecule has 71 valence electrons. The van der Waals surface area contributed by atoms with Gasteiger partial charge < -0.3 is 4.52 Å². The maximum atomic E-state index is 4.81. The van der Waals surface area contributed by atoms with Gasteiger partial charge in [0.25, 0.3) is 0 Å². The number of nitrogens with zero attached hydrogens (tertiary/aromatic N) is 1. The second kappa shape index (κ2) is 3.29. The van der Waals surface area contributed by atoms with E-state index in [0.29, 0.717) is 0 Å². The SMILES string of the molecule is Cc1ccc(-c2no[c]c2C)c(C)c1. The van der Waals surface area contributed by atoms with Crippen LogP contribution in [0.15, 0.2) is 22.7 Å². The van der Waals surface area contributed by atoms with Crippen LogP contribution in [0, 0.1) is 27.0 Å². The van der Waals surface area contributed by atoms with Crippen LogP contribution in [0.2, 0.25) is 0 Å². The lowest BCUT2D eigenvalue weighted by Gasteiger charge is -2.03. The van der Waals surface area contributed by atoms with Gasteiger partial charge in [-0.05, 0) is 26.3 Å². The Balaban J connectivity index is 2.58. The van der Waals surface area contributed by atoms with Crippen LogP contribution in [-0.4, -0.2) is 5.16 Å². The molecule has 2 nitrogen and oxygen atoms in total. The van der Waals surface area contributed by atoms with Crippen molar-refractivity contribution in [2.45, 2.75) is 20.8 Å². The predicted octanol–water partition coefficient (Wildman–Crippen LogP) is 3.07. The number of rotatable bonds is 1. The molecule has 0 aliphatic rings. The third-order valence-corrected chi connectivity index (χ3v) is 2.33. The van der Waals surface area contributed by atoms with Gasteiger partial charge in [0.1, 0.15) is 5.69 Å². The highest BCUT2D eigenvalue weighted by molar-refractivity contribution is 5.65. The molecule has 1 aromatic carbocycles. The molecule has 1 heterocycles. The van der Waals surface area contributed by atoms with E-state index in [9.17, 15) is 0 Å². The number of aromatic nitrogens is 1. The fourth-order valence-electron chi connectivity index (χ4n) is 1.58. The summed E-state index contributed by atoms with van der Waals surface area (Å²) in [4.78, 5) is 0. The van der Waals surface area contributed by atoms with Crippen molar-refractivity contribution >= 4 is 0 Å². The summed E-state index contributed by atoms with van der Waals surface area (Å²) < 4.78 is 4.81. The highest BCUT2D eigenvalue weighted by Gasteiger charge is 2.09. The Kier molecular flexibility index (Phi) is 2.12. The first-order valence-corrected chi connectivity index (χ1v) is 4.60. The van der Waals surface area contributed by atoms with Crippen molar-refractivity contribution < 1.29 is 4.52 Å². The molecule has 0 N–H and O–H groups in total. The lowest BCUT2D eigenvalue weighted by molar-refractivity contribution is 0.414. The Hall–Kier alpha value is -1.57. The van der Waals surface area contributed by atoms with Crippen molar-refractivity contribution in [3.63, 3.8) is 0 Å². The molecule has 0 saturated heterocycles. The molecule has 2 aromatic rings. The second-order valence-electron chi connectivity index (χ2n) is 3.58. The zero-order valence-electron chi connectivity index (χ0n) is 8.59. The molecule has 0 spiro atoms. The largest absolute Gasteiger partial charge is 0.352 e. The first kappa shape index (κ1) is 9.00. The van der Waals surface area contributed by atoms with Gasteiger partial charge in [0.05, 0.1) is 0 Å². The van der Waals surface area contributed by atoms with E-state index in [1.54, 1.807) is 0 Å². The molecular formula is C12H12NO. The molecule has 1 aromatic heterocycles. The van der Waals surface area contributed by atoms with Gasteiger partial charge in [-0.2, -0.15) is 0 Å². The Morgan fingerprint density at radius 1 is 1.21 bits per heavy atom. The van der Waals surface area contributed by atoms with Crippen molar-refractivity contribution in [3.8, 4) is 11.3 Å². The first-order chi connectivity index (χ1) is 6.68. The van der Waals surface area contributed by atoms with Crippen molar-refractivity contribution in [3.05, 3.63) is 41.2 Å². The van der Waals surface area contributed by atoms with Crippen LogP contribution < -0.4 is 0 Å². The standard InChI is InChI=1S/C12H12NO/c1-8-4-5-11(9(2)6-8)12-10(3)7-14-13-12/h4-6H,1-3H3.